The highest BCUT2D eigenvalue weighted by Gasteiger charge is 2.51. The lowest BCUT2D eigenvalue weighted by Gasteiger charge is -2.56. The van der Waals surface area contributed by atoms with Crippen LogP contribution in [0.2, 0.25) is 0 Å². The molecule has 0 unspecified atom stereocenters. The van der Waals surface area contributed by atoms with Gasteiger partial charge in [0.1, 0.15) is 5.82 Å². The number of nitrogens with zero attached hydrogens (tertiary/aromatic N) is 3. The van der Waals surface area contributed by atoms with E-state index in [-0.39, 0.29) is 18.1 Å². The SMILES string of the molecule is CSc1nc(OCC(=O)NC23CC4CC(CC(C4)C2)C3)cc(N2CCOCC2)n1. The van der Waals surface area contributed by atoms with Crippen molar-refractivity contribution in [1.82, 2.24) is 15.3 Å². The molecule has 1 aromatic rings. The first kappa shape index (κ1) is 19.4. The van der Waals surface area contributed by atoms with Gasteiger partial charge < -0.3 is 19.7 Å². The van der Waals surface area contributed by atoms with Crippen molar-refractivity contribution in [3.63, 3.8) is 0 Å². The molecule has 1 saturated heterocycles. The maximum absolute atomic E-state index is 12.7. The number of carbonyl (C=O) groups excluding carboxylic acids is 1. The van der Waals surface area contributed by atoms with E-state index in [9.17, 15) is 4.79 Å². The molecule has 6 rings (SSSR count). The first-order chi connectivity index (χ1) is 14.1. The maximum Gasteiger partial charge on any atom is 0.258 e. The lowest BCUT2D eigenvalue weighted by Crippen LogP contribution is -2.60. The Labute approximate surface area is 176 Å². The molecule has 1 amide bonds. The summed E-state index contributed by atoms with van der Waals surface area (Å²) in [6, 6.07) is 1.84. The maximum atomic E-state index is 12.7. The van der Waals surface area contributed by atoms with Crippen LogP contribution in [0.4, 0.5) is 5.82 Å². The van der Waals surface area contributed by atoms with Crippen LogP contribution in [0.1, 0.15) is 38.5 Å². The van der Waals surface area contributed by atoms with E-state index in [1.165, 1.54) is 31.0 Å². The van der Waals surface area contributed by atoms with E-state index in [1.807, 2.05) is 12.3 Å². The van der Waals surface area contributed by atoms with Gasteiger partial charge in [0.2, 0.25) is 5.88 Å². The van der Waals surface area contributed by atoms with Crippen molar-refractivity contribution in [2.24, 2.45) is 17.8 Å². The molecule has 1 aliphatic heterocycles. The van der Waals surface area contributed by atoms with Crippen LogP contribution in [0, 0.1) is 17.8 Å². The Balaban J connectivity index is 1.22. The highest BCUT2D eigenvalue weighted by molar-refractivity contribution is 7.98. The Morgan fingerprint density at radius 2 is 1.86 bits per heavy atom. The van der Waals surface area contributed by atoms with E-state index >= 15 is 0 Å². The second-order valence-corrected chi connectivity index (χ2v) is 9.96. The molecule has 4 aliphatic carbocycles. The highest BCUT2D eigenvalue weighted by Crippen LogP contribution is 2.55. The average Bonchev–Trinajstić information content (AvgIpc) is 2.71. The number of nitrogens with one attached hydrogen (secondary N) is 1. The molecule has 0 radical (unpaired) electrons. The first-order valence-electron chi connectivity index (χ1n) is 10.8. The molecule has 29 heavy (non-hydrogen) atoms. The third kappa shape index (κ3) is 4.19. The van der Waals surface area contributed by atoms with Gasteiger partial charge in [-0.25, -0.2) is 4.98 Å². The van der Waals surface area contributed by atoms with Crippen LogP contribution in [-0.2, 0) is 9.53 Å². The van der Waals surface area contributed by atoms with Gasteiger partial charge in [0.25, 0.3) is 5.91 Å². The van der Waals surface area contributed by atoms with Gasteiger partial charge in [-0.2, -0.15) is 4.98 Å². The molecule has 7 nitrogen and oxygen atoms in total. The van der Waals surface area contributed by atoms with Gasteiger partial charge in [-0.05, 0) is 62.5 Å². The van der Waals surface area contributed by atoms with E-state index in [4.69, 9.17) is 9.47 Å². The van der Waals surface area contributed by atoms with Gasteiger partial charge in [-0.1, -0.05) is 11.8 Å². The number of aromatic nitrogens is 2. The molecule has 0 spiro atoms. The number of thioether (sulfide) groups is 1. The predicted molar refractivity (Wildman–Crippen MR) is 111 cm³/mol. The summed E-state index contributed by atoms with van der Waals surface area (Å²) in [6.45, 7) is 3.01. The molecule has 0 aromatic carbocycles. The van der Waals surface area contributed by atoms with E-state index in [2.05, 4.69) is 20.2 Å². The summed E-state index contributed by atoms with van der Waals surface area (Å²) in [7, 11) is 0. The topological polar surface area (TPSA) is 76.6 Å². The molecule has 4 saturated carbocycles. The zero-order valence-corrected chi connectivity index (χ0v) is 17.9. The van der Waals surface area contributed by atoms with Crippen LogP contribution in [0.15, 0.2) is 11.2 Å². The lowest BCUT2D eigenvalue weighted by molar-refractivity contribution is -0.128. The van der Waals surface area contributed by atoms with E-state index in [0.717, 1.165) is 55.9 Å². The van der Waals surface area contributed by atoms with E-state index < -0.39 is 0 Å². The van der Waals surface area contributed by atoms with Crippen molar-refractivity contribution in [3.05, 3.63) is 6.07 Å². The third-order valence-electron chi connectivity index (χ3n) is 6.98. The van der Waals surface area contributed by atoms with Crippen molar-refractivity contribution >= 4 is 23.5 Å². The van der Waals surface area contributed by atoms with Crippen LogP contribution in [0.3, 0.4) is 0 Å². The zero-order valence-electron chi connectivity index (χ0n) is 17.1. The molecule has 1 aromatic heterocycles. The number of carbonyl (C=O) groups is 1. The molecule has 1 N–H and O–H groups in total. The van der Waals surface area contributed by atoms with Gasteiger partial charge in [0.05, 0.1) is 13.2 Å². The smallest absolute Gasteiger partial charge is 0.258 e. The van der Waals surface area contributed by atoms with Crippen molar-refractivity contribution in [2.45, 2.75) is 49.2 Å². The third-order valence-corrected chi connectivity index (χ3v) is 7.53. The van der Waals surface area contributed by atoms with Gasteiger partial charge in [-0.15, -0.1) is 0 Å². The molecule has 5 fully saturated rings. The first-order valence-corrected chi connectivity index (χ1v) is 12.0. The van der Waals surface area contributed by atoms with Crippen LogP contribution in [0.25, 0.3) is 0 Å². The van der Waals surface area contributed by atoms with Gasteiger partial charge in [0, 0.05) is 24.7 Å². The second kappa shape index (κ2) is 7.95. The Bertz CT molecular complexity index is 733. The number of hydrogen-bond acceptors (Lipinski definition) is 7. The number of hydrogen-bond donors (Lipinski definition) is 1. The minimum absolute atomic E-state index is 0.00906. The van der Waals surface area contributed by atoms with Crippen molar-refractivity contribution in [2.75, 3.05) is 44.1 Å². The van der Waals surface area contributed by atoms with Crippen LogP contribution < -0.4 is 15.0 Å². The monoisotopic (exact) mass is 418 g/mol. The minimum atomic E-state index is -0.0239. The summed E-state index contributed by atoms with van der Waals surface area (Å²) in [4.78, 5) is 23.9. The Kier molecular flexibility index (Phi) is 5.32. The Hall–Kier alpha value is -1.54. The standard InChI is InChI=1S/C21H30N4O3S/c1-29-20-22-17(25-2-4-27-5-3-25)9-19(23-20)28-13-18(26)24-21-10-14-6-15(11-21)8-16(7-14)12-21/h9,14-16H,2-8,10-13H2,1H3,(H,24,26). The normalized spacial score (nSPS) is 33.0. The van der Waals surface area contributed by atoms with Crippen molar-refractivity contribution in [1.29, 1.82) is 0 Å². The number of ether oxygens (including phenoxy) is 2. The number of morpholine rings is 1. The fourth-order valence-electron chi connectivity index (χ4n) is 6.25. The molecule has 158 valence electrons. The van der Waals surface area contributed by atoms with Gasteiger partial charge >= 0.3 is 0 Å². The molecular weight excluding hydrogens is 388 g/mol. The lowest BCUT2D eigenvalue weighted by atomic mass is 9.53. The Morgan fingerprint density at radius 1 is 1.21 bits per heavy atom. The highest BCUT2D eigenvalue weighted by atomic mass is 32.2. The molecule has 4 bridgehead atoms. The van der Waals surface area contributed by atoms with Gasteiger partial charge in [-0.3, -0.25) is 4.79 Å². The average molecular weight is 419 g/mol. The largest absolute Gasteiger partial charge is 0.467 e. The minimum Gasteiger partial charge on any atom is -0.467 e. The number of anilines is 1. The van der Waals surface area contributed by atoms with Crippen molar-refractivity contribution < 1.29 is 14.3 Å². The molecular formula is C21H30N4O3S. The predicted octanol–water partition coefficient (Wildman–Crippen LogP) is 2.50. The fourth-order valence-corrected chi connectivity index (χ4v) is 6.61. The molecule has 5 aliphatic rings. The summed E-state index contributed by atoms with van der Waals surface area (Å²) >= 11 is 1.48. The van der Waals surface area contributed by atoms with E-state index in [0.29, 0.717) is 24.3 Å². The summed E-state index contributed by atoms with van der Waals surface area (Å²) in [6.07, 6.45) is 9.50. The quantitative estimate of drug-likeness (QED) is 0.562. The van der Waals surface area contributed by atoms with E-state index in [1.54, 1.807) is 0 Å². The van der Waals surface area contributed by atoms with Crippen LogP contribution >= 0.6 is 11.8 Å². The van der Waals surface area contributed by atoms with Crippen LogP contribution in [-0.4, -0.2) is 60.6 Å². The molecule has 2 heterocycles. The number of rotatable bonds is 6. The summed E-state index contributed by atoms with van der Waals surface area (Å²) in [5.41, 5.74) is 0.0181. The summed E-state index contributed by atoms with van der Waals surface area (Å²) in [5.74, 6) is 3.71. The summed E-state index contributed by atoms with van der Waals surface area (Å²) in [5, 5.41) is 4.02. The molecule has 8 heteroatoms. The zero-order chi connectivity index (χ0) is 19.8. The van der Waals surface area contributed by atoms with Gasteiger partial charge in [0.15, 0.2) is 11.8 Å². The second-order valence-electron chi connectivity index (χ2n) is 9.19. The Morgan fingerprint density at radius 3 is 2.48 bits per heavy atom. The van der Waals surface area contributed by atoms with Crippen molar-refractivity contribution in [3.8, 4) is 5.88 Å². The summed E-state index contributed by atoms with van der Waals surface area (Å²) < 4.78 is 11.2. The fraction of sp³-hybridized carbons (Fsp3) is 0.762. The number of amides is 1. The molecule has 0 atom stereocenters. The van der Waals surface area contributed by atoms with Crippen LogP contribution in [0.5, 0.6) is 5.88 Å².